The number of halogens is 1. The van der Waals surface area contributed by atoms with Crippen LogP contribution in [-0.2, 0) is 14.8 Å². The molecule has 0 bridgehead atoms. The van der Waals surface area contributed by atoms with E-state index >= 15 is 0 Å². The molecule has 0 aromatic heterocycles. The van der Waals surface area contributed by atoms with Gasteiger partial charge in [0.1, 0.15) is 0 Å². The van der Waals surface area contributed by atoms with Gasteiger partial charge in [-0.25, -0.2) is 12.7 Å². The van der Waals surface area contributed by atoms with Crippen molar-refractivity contribution in [1.82, 2.24) is 9.62 Å². The minimum atomic E-state index is -3.21. The third-order valence-corrected chi connectivity index (χ3v) is 7.93. The number of benzene rings is 1. The lowest BCUT2D eigenvalue weighted by Gasteiger charge is -2.26. The maximum Gasteiger partial charge on any atom is 0.220 e. The summed E-state index contributed by atoms with van der Waals surface area (Å²) in [6, 6.07) is 5.72. The van der Waals surface area contributed by atoms with Gasteiger partial charge in [-0.05, 0) is 49.4 Å². The molecule has 25 heavy (non-hydrogen) atoms. The summed E-state index contributed by atoms with van der Waals surface area (Å²) in [4.78, 5) is 13.4. The highest BCUT2D eigenvalue weighted by molar-refractivity contribution is 7.99. The van der Waals surface area contributed by atoms with Gasteiger partial charge in [-0.1, -0.05) is 11.6 Å². The Kier molecular flexibility index (Phi) is 6.30. The van der Waals surface area contributed by atoms with Crippen LogP contribution in [-0.4, -0.2) is 43.2 Å². The second-order valence-electron chi connectivity index (χ2n) is 6.47. The number of rotatable bonds is 6. The maximum atomic E-state index is 12.3. The van der Waals surface area contributed by atoms with Gasteiger partial charge in [0, 0.05) is 35.2 Å². The van der Waals surface area contributed by atoms with Crippen molar-refractivity contribution in [2.75, 3.05) is 24.6 Å². The Bertz CT molecular complexity index is 733. The van der Waals surface area contributed by atoms with Crippen LogP contribution in [0.15, 0.2) is 23.1 Å². The van der Waals surface area contributed by atoms with Crippen LogP contribution in [0.4, 0.5) is 0 Å². The number of thioether (sulfide) groups is 1. The van der Waals surface area contributed by atoms with Gasteiger partial charge in [0.25, 0.3) is 0 Å². The molecule has 2 aliphatic heterocycles. The summed E-state index contributed by atoms with van der Waals surface area (Å²) >= 11 is 7.85. The van der Waals surface area contributed by atoms with E-state index in [1.807, 2.05) is 18.2 Å². The lowest BCUT2D eigenvalue weighted by atomic mass is 10.0. The van der Waals surface area contributed by atoms with Crippen LogP contribution in [0.1, 0.15) is 43.7 Å². The lowest BCUT2D eigenvalue weighted by Crippen LogP contribution is -2.32. The second-order valence-corrected chi connectivity index (χ2v) is 10.1. The molecule has 1 amide bonds. The van der Waals surface area contributed by atoms with Gasteiger partial charge in [0.05, 0.1) is 11.8 Å². The van der Waals surface area contributed by atoms with Crippen LogP contribution in [0, 0.1) is 0 Å². The number of hydrogen-bond acceptors (Lipinski definition) is 4. The molecule has 1 aromatic carbocycles. The average Bonchev–Trinajstić information content (AvgIpc) is 3.11. The third kappa shape index (κ3) is 4.90. The standard InChI is InChI=1S/C17H23ClN2O3S2/c18-13-5-6-16-14(12-13)15(7-10-24-16)19-17(21)4-3-11-25(22,23)20-8-1-2-9-20/h5-6,12,15H,1-4,7-11H2,(H,19,21). The Labute approximate surface area is 158 Å². The molecule has 0 aliphatic carbocycles. The first-order chi connectivity index (χ1) is 12.0. The minimum absolute atomic E-state index is 0.0439. The Morgan fingerprint density at radius 3 is 2.84 bits per heavy atom. The molecule has 1 N–H and O–H groups in total. The summed E-state index contributed by atoms with van der Waals surface area (Å²) in [6.45, 7) is 1.23. The van der Waals surface area contributed by atoms with Crippen molar-refractivity contribution < 1.29 is 13.2 Å². The largest absolute Gasteiger partial charge is 0.349 e. The number of fused-ring (bicyclic) bond motifs is 1. The van der Waals surface area contributed by atoms with Crippen molar-refractivity contribution in [1.29, 1.82) is 0 Å². The summed E-state index contributed by atoms with van der Waals surface area (Å²) in [5, 5.41) is 3.70. The summed E-state index contributed by atoms with van der Waals surface area (Å²) < 4.78 is 25.9. The molecule has 0 saturated carbocycles. The molecular weight excluding hydrogens is 380 g/mol. The first-order valence-corrected chi connectivity index (χ1v) is 11.6. The topological polar surface area (TPSA) is 66.5 Å². The van der Waals surface area contributed by atoms with Gasteiger partial charge >= 0.3 is 0 Å². The van der Waals surface area contributed by atoms with Crippen LogP contribution < -0.4 is 5.32 Å². The fourth-order valence-corrected chi connectivity index (χ4v) is 6.16. The molecule has 8 heteroatoms. The van der Waals surface area contributed by atoms with E-state index in [0.717, 1.165) is 35.5 Å². The highest BCUT2D eigenvalue weighted by Gasteiger charge is 2.26. The number of sulfonamides is 1. The lowest BCUT2D eigenvalue weighted by molar-refractivity contribution is -0.121. The normalized spacial score (nSPS) is 21.1. The zero-order valence-corrected chi connectivity index (χ0v) is 16.4. The smallest absolute Gasteiger partial charge is 0.220 e. The molecule has 0 spiro atoms. The van der Waals surface area contributed by atoms with Gasteiger partial charge in [-0.3, -0.25) is 4.79 Å². The fraction of sp³-hybridized carbons (Fsp3) is 0.588. The van der Waals surface area contributed by atoms with E-state index in [2.05, 4.69) is 5.32 Å². The Morgan fingerprint density at radius 2 is 2.08 bits per heavy atom. The summed E-state index contributed by atoms with van der Waals surface area (Å²) in [7, 11) is -3.21. The Balaban J connectivity index is 1.51. The average molecular weight is 403 g/mol. The molecule has 1 aromatic rings. The van der Waals surface area contributed by atoms with Crippen LogP contribution in [0.3, 0.4) is 0 Å². The minimum Gasteiger partial charge on any atom is -0.349 e. The number of nitrogens with one attached hydrogen (secondary N) is 1. The summed E-state index contributed by atoms with van der Waals surface area (Å²) in [5.41, 5.74) is 1.06. The van der Waals surface area contributed by atoms with E-state index in [0.29, 0.717) is 24.5 Å². The van der Waals surface area contributed by atoms with Crippen molar-refractivity contribution in [2.45, 2.75) is 43.0 Å². The van der Waals surface area contributed by atoms with Gasteiger partial charge in [0.2, 0.25) is 15.9 Å². The maximum absolute atomic E-state index is 12.3. The van der Waals surface area contributed by atoms with Crippen LogP contribution in [0.25, 0.3) is 0 Å². The van der Waals surface area contributed by atoms with Crippen molar-refractivity contribution in [2.24, 2.45) is 0 Å². The predicted molar refractivity (Wildman–Crippen MR) is 102 cm³/mol. The molecule has 2 heterocycles. The van der Waals surface area contributed by atoms with Crippen molar-refractivity contribution in [3.8, 4) is 0 Å². The number of hydrogen-bond donors (Lipinski definition) is 1. The molecule has 3 rings (SSSR count). The molecule has 1 fully saturated rings. The second kappa shape index (κ2) is 8.29. The molecule has 0 radical (unpaired) electrons. The van der Waals surface area contributed by atoms with E-state index in [1.54, 1.807) is 16.1 Å². The molecule has 1 atom stereocenters. The van der Waals surface area contributed by atoms with E-state index in [-0.39, 0.29) is 24.1 Å². The zero-order chi connectivity index (χ0) is 17.9. The van der Waals surface area contributed by atoms with Crippen molar-refractivity contribution in [3.05, 3.63) is 28.8 Å². The monoisotopic (exact) mass is 402 g/mol. The molecular formula is C17H23ClN2O3S2. The molecule has 1 saturated heterocycles. The summed E-state index contributed by atoms with van der Waals surface area (Å²) in [6.07, 6.45) is 3.31. The van der Waals surface area contributed by atoms with E-state index in [4.69, 9.17) is 11.6 Å². The Hall–Kier alpha value is -0.760. The van der Waals surface area contributed by atoms with E-state index < -0.39 is 10.0 Å². The molecule has 2 aliphatic rings. The number of carbonyl (C=O) groups is 1. The highest BCUT2D eigenvalue weighted by Crippen LogP contribution is 2.37. The SMILES string of the molecule is O=C(CCCS(=O)(=O)N1CCCC1)NC1CCSc2ccc(Cl)cc21. The number of carbonyl (C=O) groups excluding carboxylic acids is 1. The zero-order valence-electron chi connectivity index (χ0n) is 14.0. The predicted octanol–water partition coefficient (Wildman–Crippen LogP) is 3.20. The van der Waals surface area contributed by atoms with Gasteiger partial charge in [-0.15, -0.1) is 11.8 Å². The first-order valence-electron chi connectivity index (χ1n) is 8.65. The van der Waals surface area contributed by atoms with Crippen LogP contribution in [0.2, 0.25) is 5.02 Å². The third-order valence-electron chi connectivity index (χ3n) is 4.61. The van der Waals surface area contributed by atoms with Crippen LogP contribution >= 0.6 is 23.4 Å². The Morgan fingerprint density at radius 1 is 1.32 bits per heavy atom. The van der Waals surface area contributed by atoms with Gasteiger partial charge in [0.15, 0.2) is 0 Å². The van der Waals surface area contributed by atoms with Crippen LogP contribution in [0.5, 0.6) is 0 Å². The number of nitrogens with zero attached hydrogens (tertiary/aromatic N) is 1. The molecule has 1 unspecified atom stereocenters. The van der Waals surface area contributed by atoms with E-state index in [9.17, 15) is 13.2 Å². The van der Waals surface area contributed by atoms with Crippen molar-refractivity contribution >= 4 is 39.3 Å². The van der Waals surface area contributed by atoms with E-state index in [1.165, 1.54) is 0 Å². The quantitative estimate of drug-likeness (QED) is 0.793. The van der Waals surface area contributed by atoms with Gasteiger partial charge < -0.3 is 5.32 Å². The molecule has 5 nitrogen and oxygen atoms in total. The molecule has 138 valence electrons. The number of amides is 1. The first kappa shape index (κ1) is 19.0. The summed E-state index contributed by atoms with van der Waals surface area (Å²) in [5.74, 6) is 0.895. The van der Waals surface area contributed by atoms with Crippen molar-refractivity contribution in [3.63, 3.8) is 0 Å². The highest BCUT2D eigenvalue weighted by atomic mass is 35.5. The van der Waals surface area contributed by atoms with Gasteiger partial charge in [-0.2, -0.15) is 0 Å². The fourth-order valence-electron chi connectivity index (χ4n) is 3.29.